The molecule has 322 valence electrons. The van der Waals surface area contributed by atoms with E-state index in [1.165, 1.54) is 7.05 Å². The fourth-order valence-electron chi connectivity index (χ4n) is 8.76. The maximum absolute atomic E-state index is 13.3. The lowest BCUT2D eigenvalue weighted by molar-refractivity contribution is -0.122. The van der Waals surface area contributed by atoms with Crippen LogP contribution in [0.2, 0.25) is 5.02 Å². The summed E-state index contributed by atoms with van der Waals surface area (Å²) in [6.07, 6.45) is 6.78. The minimum atomic E-state index is -0.443. The second kappa shape index (κ2) is 18.1. The number of halogens is 1. The van der Waals surface area contributed by atoms with E-state index < -0.39 is 6.03 Å². The molecule has 61 heavy (non-hydrogen) atoms. The lowest BCUT2D eigenvalue weighted by Gasteiger charge is -2.38. The van der Waals surface area contributed by atoms with Crippen LogP contribution in [0.15, 0.2) is 53.5 Å². The second-order valence-electron chi connectivity index (χ2n) is 16.7. The molecule has 0 aliphatic carbocycles. The number of likely N-dealkylation sites (N-methyl/N-ethyl adjacent to an activating group) is 1. The molecular weight excluding hydrogens is 800 g/mol. The molecule has 0 saturated carbocycles. The van der Waals surface area contributed by atoms with Gasteiger partial charge in [0.2, 0.25) is 11.9 Å². The van der Waals surface area contributed by atoms with Crippen molar-refractivity contribution >= 4 is 69.4 Å². The number of fused-ring (bicyclic) bond motifs is 1. The van der Waals surface area contributed by atoms with Crippen LogP contribution in [-0.2, 0) is 9.59 Å². The number of amides is 5. The van der Waals surface area contributed by atoms with Crippen molar-refractivity contribution < 1.29 is 23.9 Å². The smallest absolute Gasteiger partial charge is 0.328 e. The fraction of sp³-hybridized carbons (Fsp3) is 0.477. The highest BCUT2D eigenvalue weighted by molar-refractivity contribution is 6.33. The molecule has 0 bridgehead atoms. The third kappa shape index (κ3) is 9.30. The standard InChI is InChI=1S/C44H53ClN10O6/c1-27(2)55-36-6-5-33(20-31(36)23-37(42(55)59)61-26-39(57)46-3)48-40-35(45)24-47-43(50-40)53-16-7-28(8-17-53)25-51-14-9-29(10-15-51)30-19-32(41(58)52-12-4-13-52)22-34(21-30)54-18-11-38(56)49-44(54)60/h5-6,19-24,27-29H,4,7-18,25-26H2,1-3H3,(H,46,57)(H,47,48,50)(H,49,56,60). The summed E-state index contributed by atoms with van der Waals surface area (Å²) in [6, 6.07) is 12.6. The van der Waals surface area contributed by atoms with E-state index in [-0.39, 0.29) is 54.0 Å². The lowest BCUT2D eigenvalue weighted by Crippen LogP contribution is -2.49. The quantitative estimate of drug-likeness (QED) is 0.169. The Balaban J connectivity index is 0.879. The molecule has 4 aromatic rings. The van der Waals surface area contributed by atoms with Gasteiger partial charge in [-0.3, -0.25) is 29.4 Å². The molecule has 6 heterocycles. The van der Waals surface area contributed by atoms with Gasteiger partial charge in [0.1, 0.15) is 5.02 Å². The summed E-state index contributed by atoms with van der Waals surface area (Å²) < 4.78 is 7.27. The van der Waals surface area contributed by atoms with Crippen molar-refractivity contribution in [1.29, 1.82) is 0 Å². The molecule has 0 radical (unpaired) electrons. The highest BCUT2D eigenvalue weighted by atomic mass is 35.5. The molecule has 16 nitrogen and oxygen atoms in total. The first-order valence-electron chi connectivity index (χ1n) is 21.3. The number of benzene rings is 2. The summed E-state index contributed by atoms with van der Waals surface area (Å²) in [6.45, 7) is 9.93. The van der Waals surface area contributed by atoms with Crippen molar-refractivity contribution in [2.45, 2.75) is 64.3 Å². The average Bonchev–Trinajstić information content (AvgIpc) is 3.23. The second-order valence-corrected chi connectivity index (χ2v) is 17.1. The predicted molar refractivity (Wildman–Crippen MR) is 234 cm³/mol. The number of hydrogen-bond acceptors (Lipinski definition) is 11. The van der Waals surface area contributed by atoms with Gasteiger partial charge in [0.25, 0.3) is 17.4 Å². The largest absolute Gasteiger partial charge is 0.478 e. The Morgan fingerprint density at radius 3 is 2.41 bits per heavy atom. The maximum Gasteiger partial charge on any atom is 0.328 e. The molecule has 4 aliphatic heterocycles. The van der Waals surface area contributed by atoms with Gasteiger partial charge in [0.05, 0.1) is 11.7 Å². The van der Waals surface area contributed by atoms with Gasteiger partial charge in [-0.15, -0.1) is 0 Å². The van der Waals surface area contributed by atoms with E-state index in [0.29, 0.717) is 46.2 Å². The molecular formula is C44H53ClN10O6. The van der Waals surface area contributed by atoms with Crippen LogP contribution in [0.25, 0.3) is 10.9 Å². The van der Waals surface area contributed by atoms with E-state index >= 15 is 0 Å². The summed E-state index contributed by atoms with van der Waals surface area (Å²) in [4.78, 5) is 80.7. The van der Waals surface area contributed by atoms with E-state index in [1.807, 2.05) is 49.1 Å². The van der Waals surface area contributed by atoms with Crippen LogP contribution in [0.4, 0.5) is 27.9 Å². The van der Waals surface area contributed by atoms with Crippen LogP contribution < -0.4 is 36.0 Å². The summed E-state index contributed by atoms with van der Waals surface area (Å²) >= 11 is 6.62. The minimum absolute atomic E-state index is 0.00452. The van der Waals surface area contributed by atoms with Crippen LogP contribution in [0.5, 0.6) is 5.75 Å². The third-order valence-corrected chi connectivity index (χ3v) is 12.6. The summed E-state index contributed by atoms with van der Waals surface area (Å²) in [5, 5.41) is 9.40. The molecule has 0 unspecified atom stereocenters. The highest BCUT2D eigenvalue weighted by Gasteiger charge is 2.31. The van der Waals surface area contributed by atoms with Gasteiger partial charge in [-0.05, 0) is 119 Å². The monoisotopic (exact) mass is 852 g/mol. The Bertz CT molecular complexity index is 2390. The average molecular weight is 853 g/mol. The number of anilines is 4. The molecule has 8 rings (SSSR count). The van der Waals surface area contributed by atoms with Crippen molar-refractivity contribution in [1.82, 2.24) is 35.0 Å². The Morgan fingerprint density at radius 1 is 0.951 bits per heavy atom. The number of hydrogen-bond donors (Lipinski definition) is 3. The summed E-state index contributed by atoms with van der Waals surface area (Å²) in [7, 11) is 1.51. The van der Waals surface area contributed by atoms with Crippen LogP contribution in [0.3, 0.4) is 0 Å². The number of piperidine rings is 2. The van der Waals surface area contributed by atoms with Crippen molar-refractivity contribution in [3.63, 3.8) is 0 Å². The van der Waals surface area contributed by atoms with E-state index in [0.717, 1.165) is 94.4 Å². The van der Waals surface area contributed by atoms with Crippen molar-refractivity contribution in [2.24, 2.45) is 5.92 Å². The third-order valence-electron chi connectivity index (χ3n) is 12.3. The molecule has 4 saturated heterocycles. The van der Waals surface area contributed by atoms with E-state index in [4.69, 9.17) is 21.3 Å². The van der Waals surface area contributed by atoms with Gasteiger partial charge in [-0.1, -0.05) is 11.6 Å². The van der Waals surface area contributed by atoms with Gasteiger partial charge in [-0.25, -0.2) is 9.78 Å². The number of carbonyl (C=O) groups excluding carboxylic acids is 4. The zero-order valence-electron chi connectivity index (χ0n) is 34.9. The molecule has 5 amide bonds. The Morgan fingerprint density at radius 2 is 1.72 bits per heavy atom. The number of carbonyl (C=O) groups is 4. The zero-order valence-corrected chi connectivity index (χ0v) is 35.7. The normalized spacial score (nSPS) is 18.0. The van der Waals surface area contributed by atoms with Gasteiger partial charge in [-0.2, -0.15) is 4.98 Å². The number of pyridine rings is 1. The Hall–Kier alpha value is -5.74. The van der Waals surface area contributed by atoms with Crippen molar-refractivity contribution in [3.8, 4) is 5.75 Å². The molecule has 4 aliphatic rings. The van der Waals surface area contributed by atoms with E-state index in [1.54, 1.807) is 27.8 Å². The van der Waals surface area contributed by atoms with Crippen LogP contribution in [-0.4, -0.2) is 114 Å². The Kier molecular flexibility index (Phi) is 12.4. The van der Waals surface area contributed by atoms with Crippen molar-refractivity contribution in [3.05, 3.63) is 75.2 Å². The first-order chi connectivity index (χ1) is 29.4. The van der Waals surface area contributed by atoms with Crippen LogP contribution in [0, 0.1) is 5.92 Å². The van der Waals surface area contributed by atoms with Gasteiger partial charge in [0, 0.05) is 81.1 Å². The topological polar surface area (TPSA) is 174 Å². The van der Waals surface area contributed by atoms with Gasteiger partial charge in [0.15, 0.2) is 18.2 Å². The number of likely N-dealkylation sites (tertiary alicyclic amines) is 2. The zero-order chi connectivity index (χ0) is 42.8. The predicted octanol–water partition coefficient (Wildman–Crippen LogP) is 5.28. The first kappa shape index (κ1) is 42.0. The number of nitrogens with zero attached hydrogens (tertiary/aromatic N) is 7. The molecule has 0 spiro atoms. The first-order valence-corrected chi connectivity index (χ1v) is 21.7. The van der Waals surface area contributed by atoms with E-state index in [2.05, 4.69) is 30.7 Å². The number of imide groups is 1. The van der Waals surface area contributed by atoms with Crippen LogP contribution >= 0.6 is 11.6 Å². The number of rotatable bonds is 12. The number of urea groups is 1. The molecule has 4 fully saturated rings. The molecule has 2 aromatic carbocycles. The number of nitrogens with one attached hydrogen (secondary N) is 3. The molecule has 0 atom stereocenters. The SMILES string of the molecule is CNC(=O)COc1cc2cc(Nc3nc(N4CCC(CN5CCC(c6cc(C(=O)N7CCC7)cc(N7CCC(=O)NC7=O)c6)CC5)CC4)ncc3Cl)ccc2n(C(C)C)c1=O. The van der Waals surface area contributed by atoms with Crippen molar-refractivity contribution in [2.75, 3.05) is 81.1 Å². The van der Waals surface area contributed by atoms with Crippen LogP contribution in [0.1, 0.15) is 80.3 Å². The number of aromatic nitrogens is 3. The van der Waals surface area contributed by atoms with E-state index in [9.17, 15) is 24.0 Å². The minimum Gasteiger partial charge on any atom is -0.478 e. The highest BCUT2D eigenvalue weighted by Crippen LogP contribution is 2.35. The summed E-state index contributed by atoms with van der Waals surface area (Å²) in [5.74, 6) is 1.36. The molecule has 17 heteroatoms. The molecule has 2 aromatic heterocycles. The van der Waals surface area contributed by atoms with Gasteiger partial charge < -0.3 is 34.6 Å². The lowest BCUT2D eigenvalue weighted by atomic mass is 9.87. The number of ether oxygens (including phenoxy) is 1. The van der Waals surface area contributed by atoms with Gasteiger partial charge >= 0.3 is 6.03 Å². The summed E-state index contributed by atoms with van der Waals surface area (Å²) in [5.41, 5.74) is 3.49. The Labute approximate surface area is 359 Å². The molecule has 3 N–H and O–H groups in total. The fourth-order valence-corrected chi connectivity index (χ4v) is 8.89. The maximum atomic E-state index is 13.3.